The molecule has 0 fully saturated rings. The van der Waals surface area contributed by atoms with Crippen LogP contribution in [0.25, 0.3) is 0 Å². The normalized spacial score (nSPS) is 11.4. The second kappa shape index (κ2) is 5.37. The van der Waals surface area contributed by atoms with E-state index in [0.29, 0.717) is 16.9 Å². The van der Waals surface area contributed by atoms with Gasteiger partial charge in [0, 0.05) is 5.56 Å². The first kappa shape index (κ1) is 13.1. The van der Waals surface area contributed by atoms with Gasteiger partial charge >= 0.3 is 0 Å². The molecule has 1 rings (SSSR count). The molecule has 0 aromatic heterocycles. The van der Waals surface area contributed by atoms with Crippen LogP contribution < -0.4 is 4.74 Å². The molecule has 16 heavy (non-hydrogen) atoms. The lowest BCUT2D eigenvalue weighted by Gasteiger charge is -2.08. The van der Waals surface area contributed by atoms with Crippen molar-refractivity contribution in [2.24, 2.45) is 0 Å². The van der Waals surface area contributed by atoms with Crippen LogP contribution in [0.2, 0.25) is 10.0 Å². The average Bonchev–Trinajstić information content (AvgIpc) is 2.30. The van der Waals surface area contributed by atoms with Gasteiger partial charge < -0.3 is 4.74 Å². The number of allylic oxidation sites excluding steroid dienone is 2. The number of halogens is 2. The average molecular weight is 259 g/mol. The van der Waals surface area contributed by atoms with Gasteiger partial charge in [-0.05, 0) is 31.6 Å². The first-order chi connectivity index (χ1) is 7.52. The van der Waals surface area contributed by atoms with Crippen molar-refractivity contribution in [1.82, 2.24) is 0 Å². The van der Waals surface area contributed by atoms with E-state index in [9.17, 15) is 4.79 Å². The van der Waals surface area contributed by atoms with Gasteiger partial charge in [-0.2, -0.15) is 0 Å². The van der Waals surface area contributed by atoms with Gasteiger partial charge in [0.15, 0.2) is 5.78 Å². The number of methoxy groups -OCH3 is 1. The van der Waals surface area contributed by atoms with Gasteiger partial charge in [0.1, 0.15) is 10.8 Å². The zero-order valence-corrected chi connectivity index (χ0v) is 10.8. The van der Waals surface area contributed by atoms with E-state index in [-0.39, 0.29) is 15.8 Å². The SMILES string of the molecule is C/C=C(/C)C(=O)c1ccc(OC)c(Cl)c1Cl. The molecule has 1 aromatic carbocycles. The minimum absolute atomic E-state index is 0.128. The summed E-state index contributed by atoms with van der Waals surface area (Å²) in [6.45, 7) is 3.53. The maximum atomic E-state index is 11.9. The van der Waals surface area contributed by atoms with Gasteiger partial charge in [-0.1, -0.05) is 29.3 Å². The molecule has 0 bridgehead atoms. The second-order valence-corrected chi connectivity index (χ2v) is 4.00. The molecule has 2 nitrogen and oxygen atoms in total. The topological polar surface area (TPSA) is 26.3 Å². The summed E-state index contributed by atoms with van der Waals surface area (Å²) < 4.78 is 5.01. The van der Waals surface area contributed by atoms with Gasteiger partial charge in [0.2, 0.25) is 0 Å². The Morgan fingerprint density at radius 2 is 1.94 bits per heavy atom. The minimum atomic E-state index is -0.128. The molecule has 0 aliphatic carbocycles. The van der Waals surface area contributed by atoms with Crippen LogP contribution in [0.5, 0.6) is 5.75 Å². The smallest absolute Gasteiger partial charge is 0.189 e. The van der Waals surface area contributed by atoms with E-state index >= 15 is 0 Å². The molecule has 1 aromatic rings. The molecular weight excluding hydrogens is 247 g/mol. The van der Waals surface area contributed by atoms with Crippen molar-refractivity contribution in [3.8, 4) is 5.75 Å². The summed E-state index contributed by atoms with van der Waals surface area (Å²) in [6.07, 6.45) is 1.73. The van der Waals surface area contributed by atoms with Crippen molar-refractivity contribution in [2.45, 2.75) is 13.8 Å². The highest BCUT2D eigenvalue weighted by Crippen LogP contribution is 2.35. The third kappa shape index (κ3) is 2.39. The molecule has 0 N–H and O–H groups in total. The zero-order valence-electron chi connectivity index (χ0n) is 9.30. The lowest BCUT2D eigenvalue weighted by atomic mass is 10.0. The van der Waals surface area contributed by atoms with Gasteiger partial charge in [-0.3, -0.25) is 4.79 Å². The van der Waals surface area contributed by atoms with Crippen LogP contribution in [0.1, 0.15) is 24.2 Å². The van der Waals surface area contributed by atoms with E-state index in [0.717, 1.165) is 0 Å². The van der Waals surface area contributed by atoms with Crippen LogP contribution in [0.4, 0.5) is 0 Å². The maximum Gasteiger partial charge on any atom is 0.189 e. The predicted molar refractivity (Wildman–Crippen MR) is 66.8 cm³/mol. The van der Waals surface area contributed by atoms with Crippen molar-refractivity contribution >= 4 is 29.0 Å². The summed E-state index contributed by atoms with van der Waals surface area (Å²) in [5, 5.41) is 0.492. The van der Waals surface area contributed by atoms with Crippen molar-refractivity contribution in [3.63, 3.8) is 0 Å². The molecular formula is C12H12Cl2O2. The van der Waals surface area contributed by atoms with E-state index < -0.39 is 0 Å². The number of hydrogen-bond donors (Lipinski definition) is 0. The van der Waals surface area contributed by atoms with Crippen molar-refractivity contribution in [2.75, 3.05) is 7.11 Å². The van der Waals surface area contributed by atoms with Gasteiger partial charge in [0.25, 0.3) is 0 Å². The van der Waals surface area contributed by atoms with Crippen LogP contribution in [-0.2, 0) is 0 Å². The Labute approximate surface area is 105 Å². The molecule has 0 heterocycles. The van der Waals surface area contributed by atoms with Gasteiger partial charge in [-0.25, -0.2) is 0 Å². The van der Waals surface area contributed by atoms with E-state index in [1.807, 2.05) is 0 Å². The fourth-order valence-corrected chi connectivity index (χ4v) is 1.69. The highest BCUT2D eigenvalue weighted by Gasteiger charge is 2.16. The molecule has 0 saturated carbocycles. The minimum Gasteiger partial charge on any atom is -0.495 e. The number of carbonyl (C=O) groups excluding carboxylic acids is 1. The molecule has 0 atom stereocenters. The zero-order chi connectivity index (χ0) is 12.3. The fourth-order valence-electron chi connectivity index (χ4n) is 1.21. The quantitative estimate of drug-likeness (QED) is 0.602. The van der Waals surface area contributed by atoms with E-state index in [4.69, 9.17) is 27.9 Å². The summed E-state index contributed by atoms with van der Waals surface area (Å²) in [5.41, 5.74) is 1.02. The van der Waals surface area contributed by atoms with Gasteiger partial charge in [0.05, 0.1) is 12.1 Å². The summed E-state index contributed by atoms with van der Waals surface area (Å²) >= 11 is 12.0. The maximum absolute atomic E-state index is 11.9. The third-order valence-electron chi connectivity index (χ3n) is 2.30. The molecule has 0 spiro atoms. The Balaban J connectivity index is 3.28. The number of hydrogen-bond acceptors (Lipinski definition) is 2. The second-order valence-electron chi connectivity index (χ2n) is 3.24. The Hall–Kier alpha value is -0.990. The van der Waals surface area contributed by atoms with Crippen LogP contribution in [0.15, 0.2) is 23.8 Å². The van der Waals surface area contributed by atoms with Gasteiger partial charge in [-0.15, -0.1) is 0 Å². The first-order valence-corrected chi connectivity index (χ1v) is 5.48. The van der Waals surface area contributed by atoms with Crippen LogP contribution in [0.3, 0.4) is 0 Å². The van der Waals surface area contributed by atoms with Crippen molar-refractivity contribution < 1.29 is 9.53 Å². The summed E-state index contributed by atoms with van der Waals surface area (Å²) in [6, 6.07) is 3.24. The number of ketones is 1. The molecule has 0 aliphatic rings. The standard InChI is InChI=1S/C12H12Cl2O2/c1-4-7(2)12(15)8-5-6-9(16-3)11(14)10(8)13/h4-6H,1-3H3/b7-4-. The molecule has 0 aliphatic heterocycles. The molecule has 0 radical (unpaired) electrons. The molecule has 0 unspecified atom stereocenters. The highest BCUT2D eigenvalue weighted by atomic mass is 35.5. The molecule has 4 heteroatoms. The summed E-state index contributed by atoms with van der Waals surface area (Å²) in [4.78, 5) is 11.9. The Kier molecular flexibility index (Phi) is 4.39. The number of rotatable bonds is 3. The molecule has 0 saturated heterocycles. The van der Waals surface area contributed by atoms with E-state index in [1.165, 1.54) is 7.11 Å². The number of benzene rings is 1. The fraction of sp³-hybridized carbons (Fsp3) is 0.250. The van der Waals surface area contributed by atoms with Crippen molar-refractivity contribution in [1.29, 1.82) is 0 Å². The molecule has 86 valence electrons. The largest absolute Gasteiger partial charge is 0.495 e. The van der Waals surface area contributed by atoms with Crippen LogP contribution >= 0.6 is 23.2 Å². The Bertz CT molecular complexity index is 451. The van der Waals surface area contributed by atoms with Crippen LogP contribution in [0, 0.1) is 0 Å². The number of ether oxygens (including phenoxy) is 1. The number of carbonyl (C=O) groups is 1. The van der Waals surface area contributed by atoms with E-state index in [1.54, 1.807) is 32.1 Å². The summed E-state index contributed by atoms with van der Waals surface area (Å²) in [7, 11) is 1.50. The lowest BCUT2D eigenvalue weighted by Crippen LogP contribution is -2.02. The van der Waals surface area contributed by atoms with Crippen molar-refractivity contribution in [3.05, 3.63) is 39.4 Å². The third-order valence-corrected chi connectivity index (χ3v) is 3.17. The summed E-state index contributed by atoms with van der Waals surface area (Å²) in [5.74, 6) is 0.332. The van der Waals surface area contributed by atoms with Crippen LogP contribution in [-0.4, -0.2) is 12.9 Å². The molecule has 0 amide bonds. The first-order valence-electron chi connectivity index (χ1n) is 4.72. The lowest BCUT2D eigenvalue weighted by molar-refractivity contribution is 0.103. The highest BCUT2D eigenvalue weighted by molar-refractivity contribution is 6.45. The monoisotopic (exact) mass is 258 g/mol. The Morgan fingerprint density at radius 3 is 2.44 bits per heavy atom. The number of Topliss-reactive ketones (excluding diaryl/α,β-unsaturated/α-hetero) is 1. The Morgan fingerprint density at radius 1 is 1.31 bits per heavy atom. The van der Waals surface area contributed by atoms with E-state index in [2.05, 4.69) is 0 Å². The predicted octanol–water partition coefficient (Wildman–Crippen LogP) is 4.15.